The van der Waals surface area contributed by atoms with Gasteiger partial charge in [0.1, 0.15) is 11.6 Å². The minimum absolute atomic E-state index is 0.0830. The number of nitrogens with one attached hydrogen (secondary N) is 1. The standard InChI is InChI=1S/C16H14FNO4S/c1-22-14-3-2-4-15(11-14)23(20,21)18-16(19)10-7-12-5-8-13(17)9-6-12/h2-11H,1H3,(H,18,19). The lowest BCUT2D eigenvalue weighted by Crippen LogP contribution is -2.28. The van der Waals surface area contributed by atoms with Gasteiger partial charge in [0.2, 0.25) is 0 Å². The number of methoxy groups -OCH3 is 1. The molecule has 0 radical (unpaired) electrons. The van der Waals surface area contributed by atoms with E-state index in [1.165, 1.54) is 55.7 Å². The SMILES string of the molecule is COc1cccc(S(=O)(=O)NC(=O)C=Cc2ccc(F)cc2)c1. The number of carbonyl (C=O) groups excluding carboxylic acids is 1. The summed E-state index contributed by atoms with van der Waals surface area (Å²) >= 11 is 0. The summed E-state index contributed by atoms with van der Waals surface area (Å²) in [4.78, 5) is 11.7. The number of halogens is 1. The van der Waals surface area contributed by atoms with Crippen LogP contribution in [0.2, 0.25) is 0 Å². The smallest absolute Gasteiger partial charge is 0.264 e. The van der Waals surface area contributed by atoms with Crippen molar-refractivity contribution in [1.29, 1.82) is 0 Å². The monoisotopic (exact) mass is 335 g/mol. The Hall–Kier alpha value is -2.67. The third kappa shape index (κ3) is 4.65. The number of hydrogen-bond donors (Lipinski definition) is 1. The van der Waals surface area contributed by atoms with Crippen LogP contribution in [0, 0.1) is 5.82 Å². The molecule has 0 saturated carbocycles. The van der Waals surface area contributed by atoms with Crippen LogP contribution < -0.4 is 9.46 Å². The Kier molecular flexibility index (Phi) is 5.13. The van der Waals surface area contributed by atoms with Gasteiger partial charge in [0, 0.05) is 12.1 Å². The number of amides is 1. The molecule has 0 saturated heterocycles. The first-order valence-electron chi connectivity index (χ1n) is 6.55. The number of carbonyl (C=O) groups is 1. The average Bonchev–Trinajstić information content (AvgIpc) is 2.54. The molecular weight excluding hydrogens is 321 g/mol. The van der Waals surface area contributed by atoms with Gasteiger partial charge in [-0.1, -0.05) is 18.2 Å². The first-order chi connectivity index (χ1) is 10.9. The number of benzene rings is 2. The molecule has 5 nitrogen and oxygen atoms in total. The van der Waals surface area contributed by atoms with Gasteiger partial charge >= 0.3 is 0 Å². The molecule has 0 aliphatic heterocycles. The Morgan fingerprint density at radius 1 is 1.17 bits per heavy atom. The summed E-state index contributed by atoms with van der Waals surface area (Å²) in [6.07, 6.45) is 2.45. The number of hydrogen-bond acceptors (Lipinski definition) is 4. The van der Waals surface area contributed by atoms with Crippen LogP contribution >= 0.6 is 0 Å². The minimum Gasteiger partial charge on any atom is -0.497 e. The highest BCUT2D eigenvalue weighted by Crippen LogP contribution is 2.16. The molecule has 0 unspecified atom stereocenters. The molecule has 7 heteroatoms. The van der Waals surface area contributed by atoms with E-state index in [4.69, 9.17) is 4.74 Å². The van der Waals surface area contributed by atoms with E-state index < -0.39 is 21.7 Å². The molecule has 1 N–H and O–H groups in total. The number of rotatable bonds is 5. The summed E-state index contributed by atoms with van der Waals surface area (Å²) < 4.78 is 43.8. The highest BCUT2D eigenvalue weighted by Gasteiger charge is 2.16. The normalized spacial score (nSPS) is 11.4. The second-order valence-electron chi connectivity index (χ2n) is 4.53. The summed E-state index contributed by atoms with van der Waals surface area (Å²) in [5.74, 6) is -0.841. The van der Waals surface area contributed by atoms with Gasteiger partial charge in [0.15, 0.2) is 0 Å². The van der Waals surface area contributed by atoms with Gasteiger partial charge in [0.05, 0.1) is 12.0 Å². The molecule has 0 atom stereocenters. The summed E-state index contributed by atoms with van der Waals surface area (Å²) in [7, 11) is -2.58. The molecule has 1 amide bonds. The highest BCUT2D eigenvalue weighted by atomic mass is 32.2. The predicted molar refractivity (Wildman–Crippen MR) is 83.8 cm³/mol. The van der Waals surface area contributed by atoms with Crippen LogP contribution in [-0.2, 0) is 14.8 Å². The predicted octanol–water partition coefficient (Wildman–Crippen LogP) is 2.35. The summed E-state index contributed by atoms with van der Waals surface area (Å²) in [5, 5.41) is 0. The Labute approximate surface area is 133 Å². The number of ether oxygens (including phenoxy) is 1. The van der Waals surface area contributed by atoms with Crippen LogP contribution in [0.4, 0.5) is 4.39 Å². The van der Waals surface area contributed by atoms with E-state index in [1.54, 1.807) is 6.07 Å². The van der Waals surface area contributed by atoms with Crippen LogP contribution in [0.15, 0.2) is 59.5 Å². The van der Waals surface area contributed by atoms with E-state index in [1.807, 2.05) is 4.72 Å². The molecule has 23 heavy (non-hydrogen) atoms. The van der Waals surface area contributed by atoms with Crippen molar-refractivity contribution in [3.05, 3.63) is 66.0 Å². The van der Waals surface area contributed by atoms with Gasteiger partial charge in [-0.05, 0) is 35.9 Å². The van der Waals surface area contributed by atoms with Gasteiger partial charge in [-0.25, -0.2) is 17.5 Å². The summed E-state index contributed by atoms with van der Waals surface area (Å²) in [5.41, 5.74) is 0.570. The van der Waals surface area contributed by atoms with E-state index in [0.717, 1.165) is 6.08 Å². The molecule has 120 valence electrons. The van der Waals surface area contributed by atoms with Crippen molar-refractivity contribution in [3.63, 3.8) is 0 Å². The minimum atomic E-state index is -3.99. The molecule has 0 fully saturated rings. The maximum absolute atomic E-state index is 12.8. The Balaban J connectivity index is 2.10. The fourth-order valence-corrected chi connectivity index (χ4v) is 2.72. The Bertz CT molecular complexity index is 829. The van der Waals surface area contributed by atoms with Crippen molar-refractivity contribution in [2.45, 2.75) is 4.90 Å². The molecule has 0 heterocycles. The van der Waals surface area contributed by atoms with Crippen molar-refractivity contribution >= 4 is 22.0 Å². The Morgan fingerprint density at radius 3 is 2.52 bits per heavy atom. The van der Waals surface area contributed by atoms with E-state index in [9.17, 15) is 17.6 Å². The zero-order valence-corrected chi connectivity index (χ0v) is 13.0. The van der Waals surface area contributed by atoms with Crippen molar-refractivity contribution in [3.8, 4) is 5.75 Å². The second kappa shape index (κ2) is 7.06. The molecule has 0 bridgehead atoms. The molecular formula is C16H14FNO4S. The zero-order valence-electron chi connectivity index (χ0n) is 12.2. The van der Waals surface area contributed by atoms with Crippen LogP contribution in [0.5, 0.6) is 5.75 Å². The van der Waals surface area contributed by atoms with Crippen molar-refractivity contribution < 1.29 is 22.3 Å². The molecule has 0 aliphatic carbocycles. The van der Waals surface area contributed by atoms with Gasteiger partial charge in [-0.15, -0.1) is 0 Å². The van der Waals surface area contributed by atoms with Gasteiger partial charge in [0.25, 0.3) is 15.9 Å². The lowest BCUT2D eigenvalue weighted by atomic mass is 10.2. The van der Waals surface area contributed by atoms with Crippen LogP contribution in [-0.4, -0.2) is 21.4 Å². The van der Waals surface area contributed by atoms with Crippen molar-refractivity contribution in [2.24, 2.45) is 0 Å². The van der Waals surface area contributed by atoms with Crippen LogP contribution in [0.3, 0.4) is 0 Å². The van der Waals surface area contributed by atoms with E-state index in [2.05, 4.69) is 0 Å². The largest absolute Gasteiger partial charge is 0.497 e. The summed E-state index contributed by atoms with van der Waals surface area (Å²) in [6, 6.07) is 11.2. The van der Waals surface area contributed by atoms with Crippen LogP contribution in [0.1, 0.15) is 5.56 Å². The third-order valence-corrected chi connectivity index (χ3v) is 4.23. The van der Waals surface area contributed by atoms with Crippen molar-refractivity contribution in [1.82, 2.24) is 4.72 Å². The maximum Gasteiger partial charge on any atom is 0.264 e. The van der Waals surface area contributed by atoms with Gasteiger partial charge in [-0.2, -0.15) is 0 Å². The van der Waals surface area contributed by atoms with Gasteiger partial charge in [-0.3, -0.25) is 4.79 Å². The second-order valence-corrected chi connectivity index (χ2v) is 6.22. The lowest BCUT2D eigenvalue weighted by molar-refractivity contribution is -0.114. The molecule has 2 aromatic carbocycles. The highest BCUT2D eigenvalue weighted by molar-refractivity contribution is 7.90. The Morgan fingerprint density at radius 2 is 1.87 bits per heavy atom. The molecule has 0 spiro atoms. The third-order valence-electron chi connectivity index (χ3n) is 2.88. The van der Waals surface area contributed by atoms with E-state index in [-0.39, 0.29) is 4.90 Å². The van der Waals surface area contributed by atoms with E-state index in [0.29, 0.717) is 11.3 Å². The van der Waals surface area contributed by atoms with Gasteiger partial charge < -0.3 is 4.74 Å². The first kappa shape index (κ1) is 16.7. The number of sulfonamides is 1. The molecule has 0 aromatic heterocycles. The van der Waals surface area contributed by atoms with E-state index >= 15 is 0 Å². The van der Waals surface area contributed by atoms with Crippen molar-refractivity contribution in [2.75, 3.05) is 7.11 Å². The molecule has 2 rings (SSSR count). The quantitative estimate of drug-likeness (QED) is 0.852. The first-order valence-corrected chi connectivity index (χ1v) is 8.03. The average molecular weight is 335 g/mol. The summed E-state index contributed by atoms with van der Waals surface area (Å²) in [6.45, 7) is 0. The topological polar surface area (TPSA) is 72.5 Å². The maximum atomic E-state index is 12.8. The lowest BCUT2D eigenvalue weighted by Gasteiger charge is -2.06. The fraction of sp³-hybridized carbons (Fsp3) is 0.0625. The molecule has 0 aliphatic rings. The molecule has 2 aromatic rings. The zero-order chi connectivity index (χ0) is 16.9. The van der Waals surface area contributed by atoms with Crippen LogP contribution in [0.25, 0.3) is 6.08 Å². The fourth-order valence-electron chi connectivity index (χ4n) is 1.74.